The molecule has 1 nitrogen and oxygen atoms in total. The minimum atomic E-state index is 0.389. The highest BCUT2D eigenvalue weighted by atomic mass is 32.2. The maximum atomic E-state index is 5.63. The molecule has 1 atom stereocenters. The van der Waals surface area contributed by atoms with Gasteiger partial charge in [0.25, 0.3) is 0 Å². The Morgan fingerprint density at radius 3 is 2.68 bits per heavy atom. The van der Waals surface area contributed by atoms with Crippen molar-refractivity contribution in [3.63, 3.8) is 0 Å². The summed E-state index contributed by atoms with van der Waals surface area (Å²) in [5.41, 5.74) is 8.99. The lowest BCUT2D eigenvalue weighted by Gasteiger charge is -2.15. The highest BCUT2D eigenvalue weighted by molar-refractivity contribution is 8.04. The van der Waals surface area contributed by atoms with Gasteiger partial charge in [0.05, 0.1) is 0 Å². The second-order valence-corrected chi connectivity index (χ2v) is 5.91. The van der Waals surface area contributed by atoms with E-state index in [2.05, 4.69) is 30.5 Å². The van der Waals surface area contributed by atoms with Crippen molar-refractivity contribution in [2.24, 2.45) is 5.73 Å². The maximum Gasteiger partial charge on any atom is 0.0478 e. The van der Waals surface area contributed by atoms with Crippen LogP contribution >= 0.6 is 24.0 Å². The predicted octanol–water partition coefficient (Wildman–Crippen LogP) is 4.32. The molecule has 0 spiro atoms. The fourth-order valence-corrected chi connectivity index (χ4v) is 3.39. The second kappa shape index (κ2) is 6.73. The summed E-state index contributed by atoms with van der Waals surface area (Å²) in [4.78, 5) is 1.02. The van der Waals surface area contributed by atoms with E-state index in [0.717, 1.165) is 28.0 Å². The van der Waals surface area contributed by atoms with Gasteiger partial charge in [-0.3, -0.25) is 0 Å². The van der Waals surface area contributed by atoms with Crippen LogP contribution in [0.25, 0.3) is 5.57 Å². The smallest absolute Gasteiger partial charge is 0.0478 e. The molecule has 3 heteroatoms. The van der Waals surface area contributed by atoms with Crippen molar-refractivity contribution < 1.29 is 0 Å². The lowest BCUT2D eigenvalue weighted by atomic mass is 9.97. The van der Waals surface area contributed by atoms with Gasteiger partial charge >= 0.3 is 0 Å². The predicted molar refractivity (Wildman–Crippen MR) is 90.1 cm³/mol. The Bertz CT molecular complexity index is 533. The minimum absolute atomic E-state index is 0.389. The molecule has 0 amide bonds. The topological polar surface area (TPSA) is 26.0 Å². The molecule has 0 radical (unpaired) electrons. The normalized spacial score (nSPS) is 19.7. The Labute approximate surface area is 124 Å². The fourth-order valence-electron chi connectivity index (χ4n) is 2.08. The number of hydrogen-bond donors (Lipinski definition) is 1. The highest BCUT2D eigenvalue weighted by Crippen LogP contribution is 2.30. The lowest BCUT2D eigenvalue weighted by Crippen LogP contribution is -2.14. The van der Waals surface area contributed by atoms with Crippen molar-refractivity contribution in [1.29, 1.82) is 0 Å². The Kier molecular flexibility index (Phi) is 5.00. The zero-order valence-corrected chi connectivity index (χ0v) is 12.5. The van der Waals surface area contributed by atoms with Crippen LogP contribution in [0, 0.1) is 0 Å². The number of hydrogen-bond acceptors (Lipinski definition) is 3. The van der Waals surface area contributed by atoms with Crippen molar-refractivity contribution in [2.75, 3.05) is 0 Å². The first-order valence-electron chi connectivity index (χ1n) is 6.23. The summed E-state index contributed by atoms with van der Waals surface area (Å²) in [6.45, 7) is 2.09. The van der Waals surface area contributed by atoms with Crippen LogP contribution in [0.3, 0.4) is 0 Å². The second-order valence-electron chi connectivity index (χ2n) is 4.36. The summed E-state index contributed by atoms with van der Waals surface area (Å²) in [7, 11) is 0. The third-order valence-corrected chi connectivity index (χ3v) is 4.95. The van der Waals surface area contributed by atoms with Gasteiger partial charge in [-0.25, -0.2) is 0 Å². The Morgan fingerprint density at radius 2 is 2.11 bits per heavy atom. The van der Waals surface area contributed by atoms with E-state index in [-0.39, 0.29) is 0 Å². The average Bonchev–Trinajstić information content (AvgIpc) is 2.98. The molecule has 19 heavy (non-hydrogen) atoms. The number of nitrogens with two attached hydrogens (primary N) is 1. The number of thioether (sulfide) groups is 1. The molecular weight excluding hydrogens is 270 g/mol. The van der Waals surface area contributed by atoms with Gasteiger partial charge in [0.2, 0.25) is 0 Å². The van der Waals surface area contributed by atoms with Gasteiger partial charge < -0.3 is 5.73 Å². The molecule has 0 bridgehead atoms. The van der Waals surface area contributed by atoms with Crippen LogP contribution in [0.15, 0.2) is 59.7 Å². The van der Waals surface area contributed by atoms with Crippen molar-refractivity contribution in [2.45, 2.75) is 18.6 Å². The molecule has 0 fully saturated rings. The largest absolute Gasteiger partial charge is 0.405 e. The van der Waals surface area contributed by atoms with E-state index in [9.17, 15) is 0 Å². The Hall–Kier alpha value is -1.32. The van der Waals surface area contributed by atoms with Crippen LogP contribution in [0.4, 0.5) is 0 Å². The molecule has 0 saturated heterocycles. The van der Waals surface area contributed by atoms with Crippen molar-refractivity contribution in [1.82, 2.24) is 0 Å². The van der Waals surface area contributed by atoms with E-state index in [1.165, 1.54) is 0 Å². The van der Waals surface area contributed by atoms with Crippen LogP contribution in [0.1, 0.15) is 18.9 Å². The van der Waals surface area contributed by atoms with E-state index >= 15 is 0 Å². The van der Waals surface area contributed by atoms with E-state index < -0.39 is 0 Å². The zero-order chi connectivity index (χ0) is 13.7. The fraction of sp³-hybridized carbons (Fsp3) is 0.188. The van der Waals surface area contributed by atoms with Gasteiger partial charge in [0.15, 0.2) is 0 Å². The summed E-state index contributed by atoms with van der Waals surface area (Å²) in [6.07, 6.45) is 6.71. The van der Waals surface area contributed by atoms with E-state index in [1.54, 1.807) is 18.0 Å². The molecular formula is C16H17NS2. The van der Waals surface area contributed by atoms with E-state index in [4.69, 9.17) is 18.0 Å². The number of thiocarbonyl (C=S) groups is 1. The molecule has 1 aromatic rings. The molecule has 2 rings (SSSR count). The minimum Gasteiger partial charge on any atom is -0.405 e. The molecule has 1 unspecified atom stereocenters. The van der Waals surface area contributed by atoms with Gasteiger partial charge in [-0.1, -0.05) is 48.6 Å². The molecule has 0 aliphatic carbocycles. The van der Waals surface area contributed by atoms with Gasteiger partial charge in [-0.05, 0) is 47.7 Å². The summed E-state index contributed by atoms with van der Waals surface area (Å²) < 4.78 is 0. The monoisotopic (exact) mass is 287 g/mol. The summed E-state index contributed by atoms with van der Waals surface area (Å²) in [6, 6.07) is 10.2. The molecule has 2 N–H and O–H groups in total. The molecule has 1 aliphatic rings. The van der Waals surface area contributed by atoms with Gasteiger partial charge in [-0.15, -0.1) is 11.8 Å². The summed E-state index contributed by atoms with van der Waals surface area (Å²) in [5.74, 6) is 0. The zero-order valence-electron chi connectivity index (χ0n) is 10.9. The van der Waals surface area contributed by atoms with Crippen LogP contribution < -0.4 is 5.73 Å². The van der Waals surface area contributed by atoms with Crippen molar-refractivity contribution in [3.8, 4) is 0 Å². The van der Waals surface area contributed by atoms with Gasteiger partial charge in [0.1, 0.15) is 0 Å². The SMILES string of the molecule is C/C(C(=S)C1CC=CS1)=C(/C=C\N)c1ccccc1. The Balaban J connectivity index is 2.35. The average molecular weight is 287 g/mol. The molecule has 1 aromatic carbocycles. The summed E-state index contributed by atoms with van der Waals surface area (Å²) >= 11 is 7.43. The molecule has 0 aromatic heterocycles. The quantitative estimate of drug-likeness (QED) is 0.507. The third-order valence-electron chi connectivity index (χ3n) is 3.10. The van der Waals surface area contributed by atoms with Crippen LogP contribution in [0.2, 0.25) is 0 Å². The molecule has 98 valence electrons. The number of allylic oxidation sites excluding steroid dienone is 4. The lowest BCUT2D eigenvalue weighted by molar-refractivity contribution is 1.15. The molecule has 0 saturated carbocycles. The van der Waals surface area contributed by atoms with Crippen molar-refractivity contribution in [3.05, 3.63) is 65.2 Å². The third kappa shape index (κ3) is 3.37. The van der Waals surface area contributed by atoms with Crippen LogP contribution in [-0.4, -0.2) is 10.1 Å². The summed E-state index contributed by atoms with van der Waals surface area (Å²) in [5, 5.41) is 2.52. The van der Waals surface area contributed by atoms with E-state index in [1.807, 2.05) is 24.3 Å². The van der Waals surface area contributed by atoms with Crippen LogP contribution in [0.5, 0.6) is 0 Å². The molecule has 1 aliphatic heterocycles. The van der Waals surface area contributed by atoms with E-state index in [0.29, 0.717) is 5.25 Å². The van der Waals surface area contributed by atoms with Crippen molar-refractivity contribution >= 4 is 34.4 Å². The number of benzene rings is 1. The van der Waals surface area contributed by atoms with Gasteiger partial charge in [-0.2, -0.15) is 0 Å². The standard InChI is InChI=1S/C16H17NS2/c1-12(16(18)15-8-5-11-19-15)14(9-10-17)13-6-3-2-4-7-13/h2-7,9-11,15H,8,17H2,1H3/b10-9-,14-12+. The first-order valence-corrected chi connectivity index (χ1v) is 7.58. The first-order chi connectivity index (χ1) is 9.24. The molecule has 1 heterocycles. The maximum absolute atomic E-state index is 5.63. The first kappa shape index (κ1) is 14.1. The number of rotatable bonds is 4. The Morgan fingerprint density at radius 1 is 1.37 bits per heavy atom. The highest BCUT2D eigenvalue weighted by Gasteiger charge is 2.19. The van der Waals surface area contributed by atoms with Gasteiger partial charge in [0, 0.05) is 10.1 Å². The van der Waals surface area contributed by atoms with Crippen LogP contribution in [-0.2, 0) is 0 Å².